The Morgan fingerprint density at radius 1 is 1.50 bits per heavy atom. The average Bonchev–Trinajstić information content (AvgIpc) is 2.17. The molecule has 0 spiro atoms. The van der Waals surface area contributed by atoms with Crippen molar-refractivity contribution in [1.29, 1.82) is 0 Å². The summed E-state index contributed by atoms with van der Waals surface area (Å²) in [5.41, 5.74) is 0. The van der Waals surface area contributed by atoms with Gasteiger partial charge in [0.05, 0.1) is 0 Å². The van der Waals surface area contributed by atoms with Crippen LogP contribution in [0.1, 0.15) is 0 Å². The first kappa shape index (κ1) is 10.9. The molecular weight excluding hydrogens is 293 g/mol. The van der Waals surface area contributed by atoms with Crippen LogP contribution in [0.5, 0.6) is 0 Å². The van der Waals surface area contributed by atoms with Crippen molar-refractivity contribution in [2.45, 2.75) is 4.05 Å². The van der Waals surface area contributed by atoms with Gasteiger partial charge in [-0.05, 0) is 0 Å². The van der Waals surface area contributed by atoms with Gasteiger partial charge >= 0.3 is 92.8 Å². The van der Waals surface area contributed by atoms with Crippen molar-refractivity contribution in [3.63, 3.8) is 0 Å². The molecule has 0 heterocycles. The van der Waals surface area contributed by atoms with Crippen molar-refractivity contribution in [2.24, 2.45) is 0 Å². The van der Waals surface area contributed by atoms with Crippen molar-refractivity contribution in [1.82, 2.24) is 5.32 Å². The standard InChI is InChI=1S/C10H9INO2/c1-2-9(12-10(13)14)11-8-6-4-3-5-7-8/h1,3-7,9,12H,(H,13,14)/q-1. The molecule has 14 heavy (non-hydrogen) atoms. The molecule has 0 saturated carbocycles. The second kappa shape index (κ2) is 5.50. The third kappa shape index (κ3) is 3.66. The van der Waals surface area contributed by atoms with E-state index in [0.717, 1.165) is 3.57 Å². The van der Waals surface area contributed by atoms with E-state index in [1.54, 1.807) is 0 Å². The predicted molar refractivity (Wildman–Crippen MR) is 48.9 cm³/mol. The first-order chi connectivity index (χ1) is 6.72. The number of alkyl halides is 1. The summed E-state index contributed by atoms with van der Waals surface area (Å²) < 4.78 is 0.775. The number of nitrogens with one attached hydrogen (secondary N) is 1. The Labute approximate surface area is 92.8 Å². The Kier molecular flexibility index (Phi) is 4.26. The van der Waals surface area contributed by atoms with Gasteiger partial charge in [-0.25, -0.2) is 0 Å². The SMILES string of the molecule is C#CC(NC(=O)O)[I-]c1ccccc1. The number of hydrogen-bond donors (Lipinski definition) is 2. The van der Waals surface area contributed by atoms with Crippen LogP contribution >= 0.6 is 0 Å². The number of halogens is 1. The summed E-state index contributed by atoms with van der Waals surface area (Å²) in [6, 6.07) is 9.68. The average molecular weight is 302 g/mol. The van der Waals surface area contributed by atoms with Gasteiger partial charge < -0.3 is 0 Å². The van der Waals surface area contributed by atoms with Crippen molar-refractivity contribution in [3.8, 4) is 12.3 Å². The molecule has 1 aromatic carbocycles. The van der Waals surface area contributed by atoms with E-state index in [2.05, 4.69) is 11.2 Å². The van der Waals surface area contributed by atoms with Crippen LogP contribution in [-0.2, 0) is 0 Å². The number of rotatable bonds is 3. The molecule has 0 fully saturated rings. The fourth-order valence-electron chi connectivity index (χ4n) is 0.822. The Balaban J connectivity index is 2.58. The van der Waals surface area contributed by atoms with E-state index in [1.165, 1.54) is 0 Å². The monoisotopic (exact) mass is 302 g/mol. The van der Waals surface area contributed by atoms with E-state index in [-0.39, 0.29) is 4.05 Å². The van der Waals surface area contributed by atoms with Crippen LogP contribution in [0.25, 0.3) is 0 Å². The molecule has 0 aliphatic rings. The van der Waals surface area contributed by atoms with Crippen LogP contribution < -0.4 is 26.5 Å². The van der Waals surface area contributed by atoms with Crippen molar-refractivity contribution < 1.29 is 31.1 Å². The van der Waals surface area contributed by atoms with Gasteiger partial charge in [0.25, 0.3) is 0 Å². The molecule has 0 radical (unpaired) electrons. The molecule has 0 aliphatic heterocycles. The van der Waals surface area contributed by atoms with Gasteiger partial charge in [0.1, 0.15) is 0 Å². The van der Waals surface area contributed by atoms with Gasteiger partial charge in [0.15, 0.2) is 0 Å². The molecule has 2 N–H and O–H groups in total. The summed E-state index contributed by atoms with van der Waals surface area (Å²) in [7, 11) is 0. The number of hydrogen-bond acceptors (Lipinski definition) is 1. The third-order valence-electron chi connectivity index (χ3n) is 1.36. The molecule has 1 atom stereocenters. The van der Waals surface area contributed by atoms with Crippen molar-refractivity contribution in [2.75, 3.05) is 0 Å². The maximum absolute atomic E-state index is 10.4. The minimum absolute atomic E-state index is 0.353. The summed E-state index contributed by atoms with van der Waals surface area (Å²) in [5, 5.41) is 10.8. The second-order valence-electron chi connectivity index (χ2n) is 2.38. The van der Waals surface area contributed by atoms with Crippen molar-refractivity contribution in [3.05, 3.63) is 33.9 Å². The van der Waals surface area contributed by atoms with E-state index in [9.17, 15) is 4.79 Å². The zero-order valence-electron chi connectivity index (χ0n) is 7.27. The normalized spacial score (nSPS) is 11.6. The number of carboxylic acid groups (broad SMARTS) is 1. The van der Waals surface area contributed by atoms with E-state index in [4.69, 9.17) is 11.5 Å². The van der Waals surface area contributed by atoms with Gasteiger partial charge in [-0.1, -0.05) is 0 Å². The van der Waals surface area contributed by atoms with Gasteiger partial charge in [-0.3, -0.25) is 0 Å². The van der Waals surface area contributed by atoms with Crippen molar-refractivity contribution >= 4 is 6.09 Å². The summed E-state index contributed by atoms with van der Waals surface area (Å²) >= 11 is -0.501. The quantitative estimate of drug-likeness (QED) is 0.299. The molecule has 0 bridgehead atoms. The molecule has 1 rings (SSSR count). The van der Waals surface area contributed by atoms with Crippen LogP contribution in [0.4, 0.5) is 4.79 Å². The maximum atomic E-state index is 10.4. The van der Waals surface area contributed by atoms with Gasteiger partial charge in [0.2, 0.25) is 0 Å². The minimum atomic E-state index is -1.07. The topological polar surface area (TPSA) is 49.3 Å². The van der Waals surface area contributed by atoms with E-state index < -0.39 is 27.3 Å². The Morgan fingerprint density at radius 3 is 2.64 bits per heavy atom. The van der Waals surface area contributed by atoms with Gasteiger partial charge in [-0.2, -0.15) is 0 Å². The number of terminal acetylenes is 1. The molecule has 1 unspecified atom stereocenters. The molecule has 0 aromatic heterocycles. The summed E-state index contributed by atoms with van der Waals surface area (Å²) in [6.07, 6.45) is 4.15. The third-order valence-corrected chi connectivity index (χ3v) is 4.10. The zero-order chi connectivity index (χ0) is 10.4. The van der Waals surface area contributed by atoms with E-state index >= 15 is 0 Å². The first-order valence-corrected chi connectivity index (χ1v) is 6.19. The fraction of sp³-hybridized carbons (Fsp3) is 0.100. The summed E-state index contributed by atoms with van der Waals surface area (Å²) in [4.78, 5) is 10.4. The molecule has 74 valence electrons. The summed E-state index contributed by atoms with van der Waals surface area (Å²) in [5.74, 6) is 2.44. The number of carbonyl (C=O) groups is 1. The molecule has 0 aliphatic carbocycles. The van der Waals surface area contributed by atoms with Crippen LogP contribution in [0.3, 0.4) is 0 Å². The van der Waals surface area contributed by atoms with E-state index in [0.29, 0.717) is 0 Å². The molecule has 0 saturated heterocycles. The molecule has 1 aromatic rings. The Bertz CT molecular complexity index is 345. The number of amides is 1. The van der Waals surface area contributed by atoms with Crippen LogP contribution in [0.15, 0.2) is 30.3 Å². The molecular formula is C10H9INO2-. The Morgan fingerprint density at radius 2 is 2.14 bits per heavy atom. The molecule has 3 nitrogen and oxygen atoms in total. The number of benzene rings is 1. The fourth-order valence-corrected chi connectivity index (χ4v) is 2.97. The summed E-state index contributed by atoms with van der Waals surface area (Å²) in [6.45, 7) is 0. The first-order valence-electron chi connectivity index (χ1n) is 3.86. The Hall–Kier alpha value is -1.22. The van der Waals surface area contributed by atoms with Gasteiger partial charge in [0, 0.05) is 0 Å². The second-order valence-corrected chi connectivity index (χ2v) is 5.50. The van der Waals surface area contributed by atoms with Crippen LogP contribution in [0, 0.1) is 15.9 Å². The molecule has 1 amide bonds. The predicted octanol–water partition coefficient (Wildman–Crippen LogP) is -1.83. The van der Waals surface area contributed by atoms with Crippen LogP contribution in [-0.4, -0.2) is 15.2 Å². The van der Waals surface area contributed by atoms with E-state index in [1.807, 2.05) is 30.3 Å². The van der Waals surface area contributed by atoms with Crippen LogP contribution in [0.2, 0.25) is 0 Å². The zero-order valence-corrected chi connectivity index (χ0v) is 9.43. The molecule has 4 heteroatoms. The van der Waals surface area contributed by atoms with Gasteiger partial charge in [-0.15, -0.1) is 0 Å².